The molecule has 116 valence electrons. The topological polar surface area (TPSA) is 75.6 Å². The number of carboxylic acids is 1. The van der Waals surface area contributed by atoms with Crippen LogP contribution >= 0.6 is 11.3 Å². The van der Waals surface area contributed by atoms with Crippen molar-refractivity contribution in [2.45, 2.75) is 57.8 Å². The summed E-state index contributed by atoms with van der Waals surface area (Å²) in [5.74, 6) is -1.02. The van der Waals surface area contributed by atoms with Gasteiger partial charge in [-0.1, -0.05) is 0 Å². The van der Waals surface area contributed by atoms with E-state index >= 15 is 0 Å². The van der Waals surface area contributed by atoms with Gasteiger partial charge in [0.1, 0.15) is 0 Å². The summed E-state index contributed by atoms with van der Waals surface area (Å²) in [6.45, 7) is 6.07. The summed E-state index contributed by atoms with van der Waals surface area (Å²) in [4.78, 5) is 23.4. The minimum absolute atomic E-state index is 0.0620. The van der Waals surface area contributed by atoms with Crippen molar-refractivity contribution >= 4 is 23.2 Å². The van der Waals surface area contributed by atoms with Crippen molar-refractivity contribution in [3.05, 3.63) is 21.9 Å². The van der Waals surface area contributed by atoms with Crippen LogP contribution in [0.3, 0.4) is 0 Å². The van der Waals surface area contributed by atoms with Gasteiger partial charge in [0.25, 0.3) is 0 Å². The van der Waals surface area contributed by atoms with Crippen molar-refractivity contribution in [1.29, 1.82) is 0 Å². The molecule has 1 aromatic rings. The van der Waals surface area contributed by atoms with E-state index in [2.05, 4.69) is 5.32 Å². The summed E-state index contributed by atoms with van der Waals surface area (Å²) in [7, 11) is 0. The van der Waals surface area contributed by atoms with E-state index in [4.69, 9.17) is 9.84 Å². The average Bonchev–Trinajstić information content (AvgIpc) is 2.72. The zero-order valence-corrected chi connectivity index (χ0v) is 13.3. The van der Waals surface area contributed by atoms with Gasteiger partial charge in [-0.05, 0) is 39.7 Å². The Balaban J connectivity index is 1.72. The summed E-state index contributed by atoms with van der Waals surface area (Å²) in [5, 5.41) is 13.4. The molecule has 5 nitrogen and oxygen atoms in total. The summed E-state index contributed by atoms with van der Waals surface area (Å²) < 4.78 is 5.82. The Hall–Kier alpha value is -1.40. The maximum atomic E-state index is 11.9. The van der Waals surface area contributed by atoms with Crippen molar-refractivity contribution in [3.63, 3.8) is 0 Å². The van der Waals surface area contributed by atoms with Gasteiger partial charge in [-0.2, -0.15) is 0 Å². The molecule has 0 bridgehead atoms. The fraction of sp³-hybridized carbons (Fsp3) is 0.600. The molecule has 1 amide bonds. The highest BCUT2D eigenvalue weighted by molar-refractivity contribution is 7.10. The van der Waals surface area contributed by atoms with Gasteiger partial charge in [0, 0.05) is 16.3 Å². The second kappa shape index (κ2) is 6.15. The Morgan fingerprint density at radius 3 is 2.62 bits per heavy atom. The minimum atomic E-state index is -0.959. The van der Waals surface area contributed by atoms with E-state index < -0.39 is 5.97 Å². The molecule has 0 unspecified atom stereocenters. The van der Waals surface area contributed by atoms with Crippen LogP contribution in [0.25, 0.3) is 0 Å². The molecular formula is C15H21NO4S. The first-order valence-electron chi connectivity index (χ1n) is 7.01. The lowest BCUT2D eigenvalue weighted by Gasteiger charge is -2.39. The molecule has 1 saturated carbocycles. The first-order valence-corrected chi connectivity index (χ1v) is 7.89. The molecule has 0 aromatic carbocycles. The Morgan fingerprint density at radius 2 is 2.10 bits per heavy atom. The molecule has 0 spiro atoms. The van der Waals surface area contributed by atoms with E-state index in [0.717, 1.165) is 17.7 Å². The summed E-state index contributed by atoms with van der Waals surface area (Å²) in [6.07, 6.45) is 2.14. The molecule has 1 fully saturated rings. The molecular weight excluding hydrogens is 290 g/mol. The van der Waals surface area contributed by atoms with Crippen molar-refractivity contribution in [2.24, 2.45) is 0 Å². The maximum absolute atomic E-state index is 11.9. The molecule has 2 N–H and O–H groups in total. The van der Waals surface area contributed by atoms with Gasteiger partial charge in [-0.15, -0.1) is 11.3 Å². The molecule has 0 saturated heterocycles. The zero-order valence-electron chi connectivity index (χ0n) is 12.5. The Kier molecular flexibility index (Phi) is 4.68. The van der Waals surface area contributed by atoms with E-state index in [0.29, 0.717) is 0 Å². The van der Waals surface area contributed by atoms with Crippen LogP contribution in [0.2, 0.25) is 0 Å². The molecule has 1 aliphatic carbocycles. The second-order valence-corrected chi connectivity index (χ2v) is 7.37. The fourth-order valence-electron chi connectivity index (χ4n) is 2.30. The monoisotopic (exact) mass is 311 g/mol. The van der Waals surface area contributed by atoms with Gasteiger partial charge < -0.3 is 15.2 Å². The lowest BCUT2D eigenvalue weighted by molar-refractivity contribution is -0.127. The number of amides is 1. The van der Waals surface area contributed by atoms with Gasteiger partial charge in [0.05, 0.1) is 23.7 Å². The molecule has 1 aliphatic rings. The fourth-order valence-corrected chi connectivity index (χ4v) is 3.16. The van der Waals surface area contributed by atoms with Crippen LogP contribution in [0.4, 0.5) is 0 Å². The van der Waals surface area contributed by atoms with Crippen LogP contribution in [-0.2, 0) is 16.0 Å². The molecule has 6 heteroatoms. The molecule has 0 atom stereocenters. The van der Waals surface area contributed by atoms with Crippen LogP contribution in [0.1, 0.15) is 48.8 Å². The number of carbonyl (C=O) groups is 2. The number of nitrogens with one attached hydrogen (secondary N) is 1. The predicted molar refractivity (Wildman–Crippen MR) is 80.8 cm³/mol. The number of carboxylic acid groups (broad SMARTS) is 1. The number of carbonyl (C=O) groups excluding carboxylic acids is 1. The number of ether oxygens (including phenoxy) is 1. The zero-order chi connectivity index (χ0) is 15.6. The van der Waals surface area contributed by atoms with Gasteiger partial charge in [0.15, 0.2) is 0 Å². The second-order valence-electron chi connectivity index (χ2n) is 6.37. The van der Waals surface area contributed by atoms with Crippen molar-refractivity contribution in [2.75, 3.05) is 0 Å². The Morgan fingerprint density at radius 1 is 1.43 bits per heavy atom. The van der Waals surface area contributed by atoms with Crippen LogP contribution < -0.4 is 5.32 Å². The third kappa shape index (κ3) is 4.82. The smallest absolute Gasteiger partial charge is 0.336 e. The first-order chi connectivity index (χ1) is 9.73. The largest absolute Gasteiger partial charge is 0.478 e. The average molecular weight is 311 g/mol. The third-order valence-electron chi connectivity index (χ3n) is 3.22. The molecule has 21 heavy (non-hydrogen) atoms. The predicted octanol–water partition coefficient (Wildman–Crippen LogP) is 2.45. The number of thiophene rings is 1. The van der Waals surface area contributed by atoms with Gasteiger partial charge in [0.2, 0.25) is 5.91 Å². The van der Waals surface area contributed by atoms with E-state index in [1.165, 1.54) is 11.3 Å². The lowest BCUT2D eigenvalue weighted by Crippen LogP contribution is -2.50. The Bertz CT molecular complexity index is 526. The number of aromatic carboxylic acids is 1. The molecule has 0 aliphatic heterocycles. The summed E-state index contributed by atoms with van der Waals surface area (Å²) in [5.41, 5.74) is 0.0919. The highest BCUT2D eigenvalue weighted by Crippen LogP contribution is 2.27. The van der Waals surface area contributed by atoms with Crippen LogP contribution in [0, 0.1) is 0 Å². The van der Waals surface area contributed by atoms with E-state index in [9.17, 15) is 9.59 Å². The summed E-state index contributed by atoms with van der Waals surface area (Å²) >= 11 is 1.30. The lowest BCUT2D eigenvalue weighted by atomic mass is 9.88. The molecule has 2 rings (SSSR count). The summed E-state index contributed by atoms with van der Waals surface area (Å²) in [6, 6.07) is 1.72. The normalized spacial score (nSPS) is 21.7. The van der Waals surface area contributed by atoms with Crippen LogP contribution in [-0.4, -0.2) is 34.7 Å². The van der Waals surface area contributed by atoms with Gasteiger partial charge in [-0.3, -0.25) is 4.79 Å². The van der Waals surface area contributed by atoms with E-state index in [-0.39, 0.29) is 35.6 Å². The highest BCUT2D eigenvalue weighted by Gasteiger charge is 2.33. The quantitative estimate of drug-likeness (QED) is 0.876. The molecule has 0 radical (unpaired) electrons. The van der Waals surface area contributed by atoms with Crippen molar-refractivity contribution < 1.29 is 19.4 Å². The van der Waals surface area contributed by atoms with Crippen LogP contribution in [0.15, 0.2) is 11.4 Å². The van der Waals surface area contributed by atoms with Crippen molar-refractivity contribution in [3.8, 4) is 0 Å². The van der Waals surface area contributed by atoms with Crippen molar-refractivity contribution in [1.82, 2.24) is 5.32 Å². The SMILES string of the molecule is CC(C)(C)OC1CC(NC(=O)Cc2cc(C(=O)O)cs2)C1. The van der Waals surface area contributed by atoms with E-state index in [1.807, 2.05) is 20.8 Å². The minimum Gasteiger partial charge on any atom is -0.478 e. The molecule has 1 heterocycles. The van der Waals surface area contributed by atoms with Gasteiger partial charge in [-0.25, -0.2) is 4.79 Å². The standard InChI is InChI=1S/C15H21NO4S/c1-15(2,3)20-11-5-10(6-11)16-13(17)7-12-4-9(8-21-12)14(18)19/h4,8,10-11H,5-7H2,1-3H3,(H,16,17)(H,18,19). The number of rotatable bonds is 5. The third-order valence-corrected chi connectivity index (χ3v) is 4.15. The highest BCUT2D eigenvalue weighted by atomic mass is 32.1. The number of hydrogen-bond donors (Lipinski definition) is 2. The van der Waals surface area contributed by atoms with Crippen LogP contribution in [0.5, 0.6) is 0 Å². The number of hydrogen-bond acceptors (Lipinski definition) is 4. The van der Waals surface area contributed by atoms with E-state index in [1.54, 1.807) is 11.4 Å². The maximum Gasteiger partial charge on any atom is 0.336 e. The Labute approximate surface area is 128 Å². The first kappa shape index (κ1) is 16.0. The van der Waals surface area contributed by atoms with Gasteiger partial charge >= 0.3 is 5.97 Å². The molecule has 1 aromatic heterocycles.